The van der Waals surface area contributed by atoms with Gasteiger partial charge < -0.3 is 4.74 Å². The quantitative estimate of drug-likeness (QED) is 0.593. The molecule has 1 aliphatic heterocycles. The van der Waals surface area contributed by atoms with E-state index in [1.165, 1.54) is 12.8 Å². The summed E-state index contributed by atoms with van der Waals surface area (Å²) in [4.78, 5) is 11.1. The maximum atomic E-state index is 11.1. The summed E-state index contributed by atoms with van der Waals surface area (Å²) < 4.78 is 5.03. The molecule has 0 aliphatic carbocycles. The summed E-state index contributed by atoms with van der Waals surface area (Å²) in [6, 6.07) is 0. The molecule has 0 aromatic heterocycles. The number of esters is 1. The first-order valence-electron chi connectivity index (χ1n) is 8.50. The molecule has 2 heteroatoms. The molecule has 2 unspecified atom stereocenters. The zero-order chi connectivity index (χ0) is 16.2. The molecule has 0 amide bonds. The lowest BCUT2D eigenvalue weighted by Gasteiger charge is -2.15. The number of hydrogen-bond acceptors (Lipinski definition) is 2. The zero-order valence-electron chi connectivity index (χ0n) is 15.2. The maximum Gasteiger partial charge on any atom is 0.309 e. The lowest BCUT2D eigenvalue weighted by atomic mass is 9.91. The standard InChI is InChI=1S/C9H16O2.C7H16.C2H6/c1-3-4-5-8-6-7(2)11-9(8)10;1-5-6-7(2,3)4;1-2/h7-8H,3-6H2,1-2H3;5-6H2,1-4H3;1-2H3. The maximum absolute atomic E-state index is 11.1. The van der Waals surface area contributed by atoms with Crippen molar-refractivity contribution in [2.45, 2.75) is 100 Å². The fourth-order valence-corrected chi connectivity index (χ4v) is 2.28. The second kappa shape index (κ2) is 12.2. The summed E-state index contributed by atoms with van der Waals surface area (Å²) in [5, 5.41) is 0. The fraction of sp³-hybridized carbons (Fsp3) is 0.944. The third-order valence-corrected chi connectivity index (χ3v) is 3.17. The summed E-state index contributed by atoms with van der Waals surface area (Å²) in [5.41, 5.74) is 0.550. The molecule has 1 aliphatic rings. The van der Waals surface area contributed by atoms with Gasteiger partial charge >= 0.3 is 5.97 Å². The Morgan fingerprint density at radius 3 is 1.95 bits per heavy atom. The van der Waals surface area contributed by atoms with Crippen molar-refractivity contribution in [3.05, 3.63) is 0 Å². The van der Waals surface area contributed by atoms with E-state index < -0.39 is 0 Å². The number of hydrogen-bond donors (Lipinski definition) is 0. The highest BCUT2D eigenvalue weighted by atomic mass is 16.5. The first-order valence-corrected chi connectivity index (χ1v) is 8.50. The van der Waals surface area contributed by atoms with Crippen molar-refractivity contribution in [1.29, 1.82) is 0 Å². The van der Waals surface area contributed by atoms with E-state index in [0.29, 0.717) is 5.41 Å². The fourth-order valence-electron chi connectivity index (χ4n) is 2.28. The van der Waals surface area contributed by atoms with E-state index in [-0.39, 0.29) is 18.0 Å². The van der Waals surface area contributed by atoms with Crippen molar-refractivity contribution in [2.75, 3.05) is 0 Å². The summed E-state index contributed by atoms with van der Waals surface area (Å²) in [5.74, 6) is 0.218. The van der Waals surface area contributed by atoms with Gasteiger partial charge in [-0.2, -0.15) is 0 Å². The van der Waals surface area contributed by atoms with Gasteiger partial charge in [-0.15, -0.1) is 0 Å². The molecule has 1 rings (SSSR count). The van der Waals surface area contributed by atoms with Crippen LogP contribution in [-0.2, 0) is 9.53 Å². The molecule has 0 spiro atoms. The van der Waals surface area contributed by atoms with Crippen LogP contribution in [0, 0.1) is 11.3 Å². The molecule has 2 nitrogen and oxygen atoms in total. The third kappa shape index (κ3) is 12.5. The van der Waals surface area contributed by atoms with E-state index in [9.17, 15) is 4.79 Å². The van der Waals surface area contributed by atoms with Crippen LogP contribution < -0.4 is 0 Å². The largest absolute Gasteiger partial charge is 0.462 e. The van der Waals surface area contributed by atoms with E-state index >= 15 is 0 Å². The van der Waals surface area contributed by atoms with Crippen LogP contribution in [0.5, 0.6) is 0 Å². The predicted octanol–water partition coefficient (Wildman–Crippen LogP) is 5.99. The Hall–Kier alpha value is -0.530. The summed E-state index contributed by atoms with van der Waals surface area (Å²) in [6.45, 7) is 17.2. The van der Waals surface area contributed by atoms with Gasteiger partial charge in [0.2, 0.25) is 0 Å². The van der Waals surface area contributed by atoms with Gasteiger partial charge in [-0.3, -0.25) is 4.79 Å². The Morgan fingerprint density at radius 2 is 1.70 bits per heavy atom. The van der Waals surface area contributed by atoms with Crippen LogP contribution in [0.1, 0.15) is 93.9 Å². The first kappa shape index (κ1) is 21.8. The monoisotopic (exact) mass is 286 g/mol. The molecule has 20 heavy (non-hydrogen) atoms. The molecule has 2 atom stereocenters. The van der Waals surface area contributed by atoms with E-state index in [1.807, 2.05) is 20.8 Å². The molecule has 1 heterocycles. The Kier molecular flexibility index (Phi) is 13.3. The van der Waals surface area contributed by atoms with Crippen molar-refractivity contribution in [3.63, 3.8) is 0 Å². The van der Waals surface area contributed by atoms with Crippen molar-refractivity contribution in [3.8, 4) is 0 Å². The van der Waals surface area contributed by atoms with E-state index in [0.717, 1.165) is 25.7 Å². The van der Waals surface area contributed by atoms with Gasteiger partial charge in [-0.1, -0.05) is 67.7 Å². The third-order valence-electron chi connectivity index (χ3n) is 3.17. The Bertz CT molecular complexity index is 228. The number of ether oxygens (including phenoxy) is 1. The number of unbranched alkanes of at least 4 members (excludes halogenated alkanes) is 1. The highest BCUT2D eigenvalue weighted by Crippen LogP contribution is 2.25. The summed E-state index contributed by atoms with van der Waals surface area (Å²) >= 11 is 0. The van der Waals surface area contributed by atoms with Crippen LogP contribution in [0.2, 0.25) is 0 Å². The first-order chi connectivity index (χ1) is 9.30. The Labute approximate surface area is 127 Å². The van der Waals surface area contributed by atoms with Crippen LogP contribution in [-0.4, -0.2) is 12.1 Å². The smallest absolute Gasteiger partial charge is 0.309 e. The molecule has 0 bridgehead atoms. The molecule has 1 saturated heterocycles. The lowest BCUT2D eigenvalue weighted by molar-refractivity contribution is -0.143. The van der Waals surface area contributed by atoms with Gasteiger partial charge in [-0.05, 0) is 31.6 Å². The van der Waals surface area contributed by atoms with E-state index in [4.69, 9.17) is 4.74 Å². The van der Waals surface area contributed by atoms with Gasteiger partial charge in [0, 0.05) is 0 Å². The number of cyclic esters (lactones) is 1. The van der Waals surface area contributed by atoms with E-state index in [2.05, 4.69) is 34.6 Å². The lowest BCUT2D eigenvalue weighted by Crippen LogP contribution is -2.06. The minimum Gasteiger partial charge on any atom is -0.462 e. The zero-order valence-corrected chi connectivity index (χ0v) is 15.2. The number of carbonyl (C=O) groups is 1. The van der Waals surface area contributed by atoms with Crippen LogP contribution in [0.15, 0.2) is 0 Å². The molecule has 122 valence electrons. The Morgan fingerprint density at radius 1 is 1.15 bits per heavy atom. The normalized spacial score (nSPS) is 21.3. The summed E-state index contributed by atoms with van der Waals surface area (Å²) in [7, 11) is 0. The minimum atomic E-state index is 0.0194. The average molecular weight is 286 g/mol. The van der Waals surface area contributed by atoms with Gasteiger partial charge in [0.25, 0.3) is 0 Å². The van der Waals surface area contributed by atoms with Crippen molar-refractivity contribution < 1.29 is 9.53 Å². The average Bonchev–Trinajstić information content (AvgIpc) is 2.67. The Balaban J connectivity index is 0. The highest BCUT2D eigenvalue weighted by Gasteiger charge is 2.30. The summed E-state index contributed by atoms with van der Waals surface area (Å²) in [6.07, 6.45) is 7.06. The molecule has 0 aromatic carbocycles. The van der Waals surface area contributed by atoms with Gasteiger partial charge in [0.15, 0.2) is 0 Å². The van der Waals surface area contributed by atoms with Gasteiger partial charge in [0.05, 0.1) is 12.0 Å². The van der Waals surface area contributed by atoms with Crippen molar-refractivity contribution >= 4 is 5.97 Å². The van der Waals surface area contributed by atoms with Crippen LogP contribution in [0.3, 0.4) is 0 Å². The molecule has 0 aromatic rings. The molecular formula is C18H38O2. The van der Waals surface area contributed by atoms with Crippen molar-refractivity contribution in [2.24, 2.45) is 11.3 Å². The number of rotatable bonds is 4. The van der Waals surface area contributed by atoms with Gasteiger partial charge in [-0.25, -0.2) is 0 Å². The second-order valence-corrected chi connectivity index (χ2v) is 6.63. The molecule has 1 fully saturated rings. The topological polar surface area (TPSA) is 26.3 Å². The molecule has 0 saturated carbocycles. The number of carbonyl (C=O) groups excluding carboxylic acids is 1. The highest BCUT2D eigenvalue weighted by molar-refractivity contribution is 5.74. The van der Waals surface area contributed by atoms with Crippen LogP contribution in [0.4, 0.5) is 0 Å². The van der Waals surface area contributed by atoms with Crippen LogP contribution >= 0.6 is 0 Å². The van der Waals surface area contributed by atoms with Gasteiger partial charge in [0.1, 0.15) is 0 Å². The molecule has 0 radical (unpaired) electrons. The molecular weight excluding hydrogens is 248 g/mol. The van der Waals surface area contributed by atoms with Crippen LogP contribution in [0.25, 0.3) is 0 Å². The SMILES string of the molecule is CC.CCCC(C)(C)C.CCCCC1CC(C)OC1=O. The van der Waals surface area contributed by atoms with E-state index in [1.54, 1.807) is 0 Å². The molecule has 0 N–H and O–H groups in total. The van der Waals surface area contributed by atoms with Crippen molar-refractivity contribution in [1.82, 2.24) is 0 Å². The predicted molar refractivity (Wildman–Crippen MR) is 88.9 cm³/mol. The minimum absolute atomic E-state index is 0.0194. The second-order valence-electron chi connectivity index (χ2n) is 6.63.